The van der Waals surface area contributed by atoms with Crippen LogP contribution in [0.2, 0.25) is 0 Å². The minimum atomic E-state index is -0.133. The van der Waals surface area contributed by atoms with Crippen molar-refractivity contribution in [2.45, 2.75) is 33.1 Å². The quantitative estimate of drug-likeness (QED) is 0.697. The lowest BCUT2D eigenvalue weighted by Crippen LogP contribution is -2.12. The fourth-order valence-electron chi connectivity index (χ4n) is 1.88. The Hall–Kier alpha value is -2.58. The van der Waals surface area contributed by atoms with E-state index < -0.39 is 0 Å². The van der Waals surface area contributed by atoms with E-state index in [9.17, 15) is 0 Å². The topological polar surface area (TPSA) is 112 Å². The summed E-state index contributed by atoms with van der Waals surface area (Å²) in [5.41, 5.74) is 2.09. The third kappa shape index (κ3) is 2.06. The van der Waals surface area contributed by atoms with Crippen molar-refractivity contribution in [3.63, 3.8) is 0 Å². The van der Waals surface area contributed by atoms with Gasteiger partial charge in [-0.05, 0) is 6.92 Å². The van der Waals surface area contributed by atoms with Crippen LogP contribution in [0, 0.1) is 6.92 Å². The molecule has 3 aromatic heterocycles. The third-order valence-corrected chi connectivity index (χ3v) is 2.78. The lowest BCUT2D eigenvalue weighted by atomic mass is 9.91. The van der Waals surface area contributed by atoms with E-state index in [1.165, 1.54) is 6.33 Å². The summed E-state index contributed by atoms with van der Waals surface area (Å²) in [5, 5.41) is 22.1. The van der Waals surface area contributed by atoms with Gasteiger partial charge in [0, 0.05) is 5.41 Å². The highest BCUT2D eigenvalue weighted by atomic mass is 15.5. The summed E-state index contributed by atoms with van der Waals surface area (Å²) in [5.74, 6) is 1.02. The summed E-state index contributed by atoms with van der Waals surface area (Å²) < 4.78 is 1.62. The molecule has 3 heterocycles. The number of aromatic nitrogens is 7. The first-order valence-electron chi connectivity index (χ1n) is 6.18. The summed E-state index contributed by atoms with van der Waals surface area (Å²) in [6.07, 6.45) is 1.38. The van der Waals surface area contributed by atoms with Gasteiger partial charge in [0.2, 0.25) is 5.65 Å². The average Bonchev–Trinajstić information content (AvgIpc) is 3.00. The van der Waals surface area contributed by atoms with E-state index >= 15 is 0 Å². The molecule has 0 unspecified atom stereocenters. The van der Waals surface area contributed by atoms with Gasteiger partial charge in [-0.3, -0.25) is 5.10 Å². The van der Waals surface area contributed by atoms with E-state index in [-0.39, 0.29) is 5.41 Å². The van der Waals surface area contributed by atoms with E-state index in [1.807, 2.05) is 6.92 Å². The van der Waals surface area contributed by atoms with Crippen molar-refractivity contribution in [1.29, 1.82) is 0 Å². The second-order valence-electron chi connectivity index (χ2n) is 5.49. The monoisotopic (exact) mass is 273 g/mol. The molecule has 0 spiro atoms. The van der Waals surface area contributed by atoms with Crippen LogP contribution in [0.25, 0.3) is 5.65 Å². The van der Waals surface area contributed by atoms with Crippen LogP contribution in [0.5, 0.6) is 0 Å². The third-order valence-electron chi connectivity index (χ3n) is 2.78. The van der Waals surface area contributed by atoms with Gasteiger partial charge >= 0.3 is 0 Å². The molecule has 0 saturated heterocycles. The molecule has 0 radical (unpaired) electrons. The molecule has 9 nitrogen and oxygen atoms in total. The molecular formula is C11H15N9. The van der Waals surface area contributed by atoms with Crippen LogP contribution in [0.3, 0.4) is 0 Å². The standard InChI is InChI=1S/C11H15N9/c1-6-14-9-7(15-17-10-12-5-13-16-10)8(11(2,3)4)19-20(9)18-6/h5,19H,1-4H3,(H,12,13,16). The van der Waals surface area contributed by atoms with Crippen LogP contribution in [0.15, 0.2) is 16.6 Å². The highest BCUT2D eigenvalue weighted by Gasteiger charge is 2.25. The lowest BCUT2D eigenvalue weighted by Gasteiger charge is -2.16. The van der Waals surface area contributed by atoms with Crippen LogP contribution in [0.1, 0.15) is 32.3 Å². The molecule has 0 amide bonds. The van der Waals surface area contributed by atoms with E-state index in [2.05, 4.69) is 61.4 Å². The van der Waals surface area contributed by atoms with E-state index in [0.29, 0.717) is 23.1 Å². The van der Waals surface area contributed by atoms with Crippen LogP contribution < -0.4 is 0 Å². The number of fused-ring (bicyclic) bond motifs is 1. The number of rotatable bonds is 2. The molecule has 3 rings (SSSR count). The summed E-state index contributed by atoms with van der Waals surface area (Å²) >= 11 is 0. The smallest absolute Gasteiger partial charge is 0.264 e. The first-order chi connectivity index (χ1) is 9.45. The number of azo groups is 1. The molecule has 0 aliphatic heterocycles. The summed E-state index contributed by atoms with van der Waals surface area (Å²) in [6.45, 7) is 8.07. The molecule has 2 N–H and O–H groups in total. The van der Waals surface area contributed by atoms with Gasteiger partial charge in [0.15, 0.2) is 5.69 Å². The Labute approximate surface area is 114 Å². The molecule has 0 atom stereocenters. The van der Waals surface area contributed by atoms with Gasteiger partial charge in [-0.25, -0.2) is 10.1 Å². The zero-order chi connectivity index (χ0) is 14.3. The van der Waals surface area contributed by atoms with Crippen molar-refractivity contribution < 1.29 is 0 Å². The van der Waals surface area contributed by atoms with Crippen molar-refractivity contribution in [2.24, 2.45) is 10.2 Å². The van der Waals surface area contributed by atoms with Crippen molar-refractivity contribution in [3.8, 4) is 0 Å². The zero-order valence-corrected chi connectivity index (χ0v) is 11.7. The minimum absolute atomic E-state index is 0.133. The van der Waals surface area contributed by atoms with Crippen molar-refractivity contribution >= 4 is 17.3 Å². The van der Waals surface area contributed by atoms with Gasteiger partial charge in [-0.1, -0.05) is 20.8 Å². The number of hydrogen-bond donors (Lipinski definition) is 2. The van der Waals surface area contributed by atoms with E-state index in [4.69, 9.17) is 0 Å². The second kappa shape index (κ2) is 4.22. The highest BCUT2D eigenvalue weighted by Crippen LogP contribution is 2.34. The van der Waals surface area contributed by atoms with Crippen LogP contribution in [-0.4, -0.2) is 35.0 Å². The predicted molar refractivity (Wildman–Crippen MR) is 71.3 cm³/mol. The van der Waals surface area contributed by atoms with Gasteiger partial charge in [0.25, 0.3) is 5.95 Å². The fraction of sp³-hybridized carbons (Fsp3) is 0.455. The Morgan fingerprint density at radius 3 is 2.70 bits per heavy atom. The normalized spacial score (nSPS) is 12.8. The molecule has 9 heteroatoms. The first kappa shape index (κ1) is 12.5. The number of aromatic amines is 2. The molecule has 20 heavy (non-hydrogen) atoms. The Morgan fingerprint density at radius 2 is 2.05 bits per heavy atom. The maximum atomic E-state index is 4.37. The summed E-state index contributed by atoms with van der Waals surface area (Å²) in [4.78, 5) is 8.28. The molecule has 0 saturated carbocycles. The molecule has 0 aliphatic rings. The molecular weight excluding hydrogens is 258 g/mol. The lowest BCUT2D eigenvalue weighted by molar-refractivity contribution is 0.557. The predicted octanol–water partition coefficient (Wildman–Crippen LogP) is 2.20. The first-order valence-corrected chi connectivity index (χ1v) is 6.18. The Morgan fingerprint density at radius 1 is 1.25 bits per heavy atom. The Balaban J connectivity index is 2.15. The largest absolute Gasteiger partial charge is 0.277 e. The Bertz CT molecular complexity index is 754. The second-order valence-corrected chi connectivity index (χ2v) is 5.49. The van der Waals surface area contributed by atoms with Gasteiger partial charge in [0.1, 0.15) is 12.2 Å². The maximum Gasteiger partial charge on any atom is 0.264 e. The van der Waals surface area contributed by atoms with Gasteiger partial charge < -0.3 is 0 Å². The van der Waals surface area contributed by atoms with Crippen LogP contribution in [0.4, 0.5) is 11.6 Å². The van der Waals surface area contributed by atoms with E-state index in [1.54, 1.807) is 4.63 Å². The minimum Gasteiger partial charge on any atom is -0.277 e. The SMILES string of the molecule is Cc1nc2c(N=Nc3ncn[nH]3)c(C(C)(C)C)[nH]n2n1. The van der Waals surface area contributed by atoms with Crippen molar-refractivity contribution in [1.82, 2.24) is 35.0 Å². The van der Waals surface area contributed by atoms with Crippen LogP contribution in [-0.2, 0) is 5.41 Å². The highest BCUT2D eigenvalue weighted by molar-refractivity contribution is 5.67. The zero-order valence-electron chi connectivity index (χ0n) is 11.7. The molecule has 3 aromatic rings. The van der Waals surface area contributed by atoms with Crippen LogP contribution >= 0.6 is 0 Å². The fourth-order valence-corrected chi connectivity index (χ4v) is 1.88. The molecule has 0 aromatic carbocycles. The van der Waals surface area contributed by atoms with Gasteiger partial charge in [0.05, 0.1) is 5.69 Å². The van der Waals surface area contributed by atoms with E-state index in [0.717, 1.165) is 5.69 Å². The molecule has 0 fully saturated rings. The average molecular weight is 273 g/mol. The molecule has 104 valence electrons. The number of H-pyrrole nitrogens is 2. The number of nitrogens with zero attached hydrogens (tertiary/aromatic N) is 7. The number of nitrogens with one attached hydrogen (secondary N) is 2. The van der Waals surface area contributed by atoms with Gasteiger partial charge in [-0.2, -0.15) is 14.7 Å². The maximum absolute atomic E-state index is 4.37. The van der Waals surface area contributed by atoms with Crippen molar-refractivity contribution in [2.75, 3.05) is 0 Å². The summed E-state index contributed by atoms with van der Waals surface area (Å²) in [6, 6.07) is 0. The van der Waals surface area contributed by atoms with Crippen molar-refractivity contribution in [3.05, 3.63) is 17.8 Å². The molecule has 0 bridgehead atoms. The Kier molecular flexibility index (Phi) is 2.63. The number of aryl methyl sites for hydroxylation is 1. The number of hydrogen-bond acceptors (Lipinski definition) is 6. The van der Waals surface area contributed by atoms with Gasteiger partial charge in [-0.15, -0.1) is 15.3 Å². The summed E-state index contributed by atoms with van der Waals surface area (Å²) in [7, 11) is 0. The molecule has 0 aliphatic carbocycles.